The standard InChI is InChI=1S/C13H18N2S/c1-10-7-12(8-14)3-4-13(10)9-16-6-5-11(2)15/h3-4,7,11H,5-6,9,15H2,1-2H3. The highest BCUT2D eigenvalue weighted by atomic mass is 32.2. The summed E-state index contributed by atoms with van der Waals surface area (Å²) in [6.45, 7) is 4.09. The SMILES string of the molecule is Cc1cc(C#N)ccc1CSCCC(C)N. The molecule has 0 aliphatic rings. The first kappa shape index (κ1) is 13.1. The average molecular weight is 234 g/mol. The third-order valence-electron chi connectivity index (χ3n) is 2.45. The molecule has 0 heterocycles. The van der Waals surface area contributed by atoms with Crippen LogP contribution in [0.3, 0.4) is 0 Å². The summed E-state index contributed by atoms with van der Waals surface area (Å²) in [6, 6.07) is 8.32. The van der Waals surface area contributed by atoms with Crippen LogP contribution in [0.15, 0.2) is 18.2 Å². The molecule has 1 unspecified atom stereocenters. The van der Waals surface area contributed by atoms with Gasteiger partial charge in [-0.05, 0) is 49.3 Å². The number of aryl methyl sites for hydroxylation is 1. The van der Waals surface area contributed by atoms with E-state index < -0.39 is 0 Å². The Balaban J connectivity index is 2.46. The molecule has 2 nitrogen and oxygen atoms in total. The quantitative estimate of drug-likeness (QED) is 0.797. The summed E-state index contributed by atoms with van der Waals surface area (Å²) < 4.78 is 0. The van der Waals surface area contributed by atoms with Crippen molar-refractivity contribution in [2.24, 2.45) is 5.73 Å². The first-order chi connectivity index (χ1) is 7.63. The first-order valence-electron chi connectivity index (χ1n) is 5.46. The van der Waals surface area contributed by atoms with Crippen LogP contribution in [0.2, 0.25) is 0 Å². The Hall–Kier alpha value is -0.980. The maximum atomic E-state index is 8.76. The number of thioether (sulfide) groups is 1. The van der Waals surface area contributed by atoms with Crippen LogP contribution in [-0.2, 0) is 5.75 Å². The summed E-state index contributed by atoms with van der Waals surface area (Å²) in [4.78, 5) is 0. The van der Waals surface area contributed by atoms with Crippen molar-refractivity contribution >= 4 is 11.8 Å². The molecule has 1 atom stereocenters. The summed E-state index contributed by atoms with van der Waals surface area (Å²) in [5.74, 6) is 2.10. The van der Waals surface area contributed by atoms with E-state index in [-0.39, 0.29) is 6.04 Å². The third-order valence-corrected chi connectivity index (χ3v) is 3.49. The fourth-order valence-corrected chi connectivity index (χ4v) is 2.61. The minimum Gasteiger partial charge on any atom is -0.328 e. The van der Waals surface area contributed by atoms with Crippen LogP contribution in [0.1, 0.15) is 30.0 Å². The molecule has 1 aromatic rings. The van der Waals surface area contributed by atoms with Crippen molar-refractivity contribution in [3.8, 4) is 6.07 Å². The normalized spacial score (nSPS) is 12.1. The number of nitrogens with zero attached hydrogens (tertiary/aromatic N) is 1. The van der Waals surface area contributed by atoms with Gasteiger partial charge in [-0.25, -0.2) is 0 Å². The summed E-state index contributed by atoms with van der Waals surface area (Å²) in [5.41, 5.74) is 8.94. The second-order valence-electron chi connectivity index (χ2n) is 4.07. The van der Waals surface area contributed by atoms with Crippen molar-refractivity contribution < 1.29 is 0 Å². The van der Waals surface area contributed by atoms with Crippen LogP contribution < -0.4 is 5.73 Å². The number of hydrogen-bond donors (Lipinski definition) is 1. The van der Waals surface area contributed by atoms with E-state index in [1.807, 2.05) is 36.9 Å². The average Bonchev–Trinajstić information content (AvgIpc) is 2.25. The highest BCUT2D eigenvalue weighted by molar-refractivity contribution is 7.98. The van der Waals surface area contributed by atoms with E-state index in [1.165, 1.54) is 11.1 Å². The second kappa shape index (κ2) is 6.57. The molecule has 0 aliphatic carbocycles. The summed E-state index contributed by atoms with van der Waals surface area (Å²) >= 11 is 1.90. The van der Waals surface area contributed by atoms with Gasteiger partial charge in [-0.1, -0.05) is 6.07 Å². The molecule has 2 N–H and O–H groups in total. The van der Waals surface area contributed by atoms with Crippen LogP contribution in [0.25, 0.3) is 0 Å². The molecule has 0 aliphatic heterocycles. The maximum absolute atomic E-state index is 8.76. The van der Waals surface area contributed by atoms with Crippen molar-refractivity contribution in [1.82, 2.24) is 0 Å². The van der Waals surface area contributed by atoms with Gasteiger partial charge in [-0.2, -0.15) is 17.0 Å². The first-order valence-corrected chi connectivity index (χ1v) is 6.62. The van der Waals surface area contributed by atoms with Crippen LogP contribution in [0.4, 0.5) is 0 Å². The molecule has 0 spiro atoms. The summed E-state index contributed by atoms with van der Waals surface area (Å²) in [6.07, 6.45) is 1.06. The van der Waals surface area contributed by atoms with Crippen LogP contribution in [0, 0.1) is 18.3 Å². The largest absolute Gasteiger partial charge is 0.328 e. The number of nitriles is 1. The molecule has 3 heteroatoms. The molecule has 0 radical (unpaired) electrons. The number of nitrogens with two attached hydrogens (primary N) is 1. The summed E-state index contributed by atoms with van der Waals surface area (Å²) in [5, 5.41) is 8.76. The van der Waals surface area contributed by atoms with Crippen molar-refractivity contribution in [2.45, 2.75) is 32.1 Å². The van der Waals surface area contributed by atoms with Gasteiger partial charge in [0.2, 0.25) is 0 Å². The maximum Gasteiger partial charge on any atom is 0.0991 e. The molecule has 16 heavy (non-hydrogen) atoms. The molecule has 0 saturated carbocycles. The Morgan fingerprint density at radius 3 is 2.81 bits per heavy atom. The molecule has 86 valence electrons. The van der Waals surface area contributed by atoms with Crippen molar-refractivity contribution in [3.63, 3.8) is 0 Å². The van der Waals surface area contributed by atoms with Gasteiger partial charge in [0.15, 0.2) is 0 Å². The molecule has 0 bridgehead atoms. The van der Waals surface area contributed by atoms with Gasteiger partial charge < -0.3 is 5.73 Å². The predicted octanol–water partition coefficient (Wildman–Crippen LogP) is 2.84. The monoisotopic (exact) mass is 234 g/mol. The zero-order valence-electron chi connectivity index (χ0n) is 9.86. The Kier molecular flexibility index (Phi) is 5.37. The number of hydrogen-bond acceptors (Lipinski definition) is 3. The highest BCUT2D eigenvalue weighted by Gasteiger charge is 2.01. The molecular formula is C13H18N2S. The van der Waals surface area contributed by atoms with Crippen LogP contribution in [-0.4, -0.2) is 11.8 Å². The smallest absolute Gasteiger partial charge is 0.0991 e. The zero-order valence-corrected chi connectivity index (χ0v) is 10.7. The minimum atomic E-state index is 0.287. The number of benzene rings is 1. The molecule has 0 saturated heterocycles. The molecule has 1 rings (SSSR count). The predicted molar refractivity (Wildman–Crippen MR) is 70.3 cm³/mol. The summed E-state index contributed by atoms with van der Waals surface area (Å²) in [7, 11) is 0. The highest BCUT2D eigenvalue weighted by Crippen LogP contribution is 2.18. The lowest BCUT2D eigenvalue weighted by atomic mass is 10.1. The van der Waals surface area contributed by atoms with Gasteiger partial charge in [-0.15, -0.1) is 0 Å². The Labute approximate surface area is 102 Å². The van der Waals surface area contributed by atoms with E-state index in [9.17, 15) is 0 Å². The lowest BCUT2D eigenvalue weighted by Gasteiger charge is -2.07. The van der Waals surface area contributed by atoms with E-state index >= 15 is 0 Å². The van der Waals surface area contributed by atoms with E-state index in [4.69, 9.17) is 11.0 Å². The Morgan fingerprint density at radius 1 is 1.50 bits per heavy atom. The molecular weight excluding hydrogens is 216 g/mol. The molecule has 0 aromatic heterocycles. The van der Waals surface area contributed by atoms with Gasteiger partial charge in [0.05, 0.1) is 11.6 Å². The lowest BCUT2D eigenvalue weighted by molar-refractivity contribution is 0.721. The van der Waals surface area contributed by atoms with Gasteiger partial charge in [-0.3, -0.25) is 0 Å². The topological polar surface area (TPSA) is 49.8 Å². The van der Waals surface area contributed by atoms with E-state index in [2.05, 4.69) is 13.0 Å². The third kappa shape index (κ3) is 4.26. The van der Waals surface area contributed by atoms with Crippen LogP contribution >= 0.6 is 11.8 Å². The lowest BCUT2D eigenvalue weighted by Crippen LogP contribution is -2.15. The fraction of sp³-hybridized carbons (Fsp3) is 0.462. The van der Waals surface area contributed by atoms with Crippen LogP contribution in [0.5, 0.6) is 0 Å². The van der Waals surface area contributed by atoms with Crippen molar-refractivity contribution in [1.29, 1.82) is 5.26 Å². The van der Waals surface area contributed by atoms with E-state index in [0.29, 0.717) is 0 Å². The minimum absolute atomic E-state index is 0.287. The molecule has 1 aromatic carbocycles. The Morgan fingerprint density at radius 2 is 2.25 bits per heavy atom. The zero-order chi connectivity index (χ0) is 12.0. The second-order valence-corrected chi connectivity index (χ2v) is 5.18. The van der Waals surface area contributed by atoms with Crippen molar-refractivity contribution in [3.05, 3.63) is 34.9 Å². The van der Waals surface area contributed by atoms with Gasteiger partial charge in [0.1, 0.15) is 0 Å². The van der Waals surface area contributed by atoms with Gasteiger partial charge in [0.25, 0.3) is 0 Å². The molecule has 0 fully saturated rings. The Bertz CT molecular complexity index is 380. The number of rotatable bonds is 5. The van der Waals surface area contributed by atoms with E-state index in [0.717, 1.165) is 23.5 Å². The van der Waals surface area contributed by atoms with Gasteiger partial charge >= 0.3 is 0 Å². The van der Waals surface area contributed by atoms with Gasteiger partial charge in [0, 0.05) is 11.8 Å². The fourth-order valence-electron chi connectivity index (χ4n) is 1.38. The van der Waals surface area contributed by atoms with Crippen molar-refractivity contribution in [2.75, 3.05) is 5.75 Å². The van der Waals surface area contributed by atoms with E-state index in [1.54, 1.807) is 0 Å². The molecule has 0 amide bonds.